The molecular formula is C29H34ClFN2O6S. The van der Waals surface area contributed by atoms with E-state index in [0.717, 1.165) is 16.7 Å². The van der Waals surface area contributed by atoms with E-state index >= 15 is 0 Å². The molecule has 216 valence electrons. The molecule has 1 aliphatic rings. The Bertz CT molecular complexity index is 1380. The number of nitrogens with one attached hydrogen (secondary N) is 1. The second-order valence-corrected chi connectivity index (χ2v) is 11.8. The van der Waals surface area contributed by atoms with Gasteiger partial charge in [-0.1, -0.05) is 36.4 Å². The van der Waals surface area contributed by atoms with Gasteiger partial charge >= 0.3 is 0 Å². The molecule has 40 heavy (non-hydrogen) atoms. The Kier molecular flexibility index (Phi) is 11.1. The van der Waals surface area contributed by atoms with Gasteiger partial charge in [-0.3, -0.25) is 10.0 Å². The molecule has 0 bridgehead atoms. The van der Waals surface area contributed by atoms with Crippen LogP contribution in [0.25, 0.3) is 11.1 Å². The van der Waals surface area contributed by atoms with Crippen LogP contribution in [0.1, 0.15) is 18.4 Å². The first-order valence-electron chi connectivity index (χ1n) is 12.8. The monoisotopic (exact) mass is 592 g/mol. The number of ether oxygens (including phenoxy) is 2. The number of piperidine rings is 1. The number of halogens is 2. The highest BCUT2D eigenvalue weighted by Gasteiger charge is 2.52. The highest BCUT2D eigenvalue weighted by Crippen LogP contribution is 2.36. The van der Waals surface area contributed by atoms with E-state index in [2.05, 4.69) is 0 Å². The summed E-state index contributed by atoms with van der Waals surface area (Å²) >= 11 is 0. The fourth-order valence-electron chi connectivity index (χ4n) is 4.88. The largest absolute Gasteiger partial charge is 0.493 e. The number of carbonyl (C=O) groups excluding carboxylic acids is 1. The van der Waals surface area contributed by atoms with E-state index in [1.165, 1.54) is 24.3 Å². The number of amides is 1. The average Bonchev–Trinajstić information content (AvgIpc) is 2.96. The molecule has 0 saturated carbocycles. The van der Waals surface area contributed by atoms with E-state index in [4.69, 9.17) is 9.47 Å². The molecular weight excluding hydrogens is 559 g/mol. The molecule has 4 rings (SSSR count). The summed E-state index contributed by atoms with van der Waals surface area (Å²) in [5, 5.41) is 9.36. The number of hydrogen-bond acceptors (Lipinski definition) is 7. The second kappa shape index (κ2) is 14.0. The summed E-state index contributed by atoms with van der Waals surface area (Å²) in [5.74, 6) is -0.720. The molecule has 1 fully saturated rings. The number of carbonyl (C=O) groups is 1. The average molecular weight is 593 g/mol. The van der Waals surface area contributed by atoms with Gasteiger partial charge < -0.3 is 14.4 Å². The first-order chi connectivity index (χ1) is 18.8. The van der Waals surface area contributed by atoms with Crippen molar-refractivity contribution < 1.29 is 32.3 Å². The molecule has 2 N–H and O–H groups in total. The normalized spacial score (nSPS) is 15.2. The van der Waals surface area contributed by atoms with Crippen molar-refractivity contribution >= 4 is 28.2 Å². The van der Waals surface area contributed by atoms with Crippen molar-refractivity contribution in [2.45, 2.75) is 28.9 Å². The van der Waals surface area contributed by atoms with Crippen molar-refractivity contribution in [3.63, 3.8) is 0 Å². The van der Waals surface area contributed by atoms with Crippen LogP contribution in [0.2, 0.25) is 0 Å². The summed E-state index contributed by atoms with van der Waals surface area (Å²) < 4.78 is 50.0. The lowest BCUT2D eigenvalue weighted by Gasteiger charge is -2.39. The summed E-state index contributed by atoms with van der Waals surface area (Å²) in [6, 6.07) is 20.2. The third-order valence-electron chi connectivity index (χ3n) is 7.18. The van der Waals surface area contributed by atoms with Crippen molar-refractivity contribution in [3.8, 4) is 16.9 Å². The fourth-order valence-corrected chi connectivity index (χ4v) is 6.84. The number of hydroxylamine groups is 1. The molecule has 1 amide bonds. The van der Waals surface area contributed by atoms with Gasteiger partial charge in [-0.25, -0.2) is 18.3 Å². The van der Waals surface area contributed by atoms with E-state index in [1.54, 1.807) is 30.8 Å². The predicted octanol–water partition coefficient (Wildman–Crippen LogP) is 4.30. The Labute approximate surface area is 240 Å². The first-order valence-corrected chi connectivity index (χ1v) is 14.3. The van der Waals surface area contributed by atoms with Crippen LogP contribution in [0.3, 0.4) is 0 Å². The Morgan fingerprint density at radius 2 is 1.65 bits per heavy atom. The Morgan fingerprint density at radius 1 is 1.00 bits per heavy atom. The van der Waals surface area contributed by atoms with Gasteiger partial charge in [0.15, 0.2) is 14.6 Å². The zero-order valence-electron chi connectivity index (χ0n) is 22.2. The fraction of sp³-hybridized carbons (Fsp3) is 0.345. The van der Waals surface area contributed by atoms with Gasteiger partial charge in [-0.2, -0.15) is 0 Å². The van der Waals surface area contributed by atoms with E-state index in [9.17, 15) is 22.8 Å². The van der Waals surface area contributed by atoms with Gasteiger partial charge in [0.2, 0.25) is 0 Å². The molecule has 0 spiro atoms. The van der Waals surface area contributed by atoms with Crippen LogP contribution >= 0.6 is 12.4 Å². The van der Waals surface area contributed by atoms with Crippen molar-refractivity contribution in [1.29, 1.82) is 0 Å². The van der Waals surface area contributed by atoms with E-state index in [1.807, 2.05) is 35.2 Å². The van der Waals surface area contributed by atoms with Crippen LogP contribution in [-0.4, -0.2) is 69.1 Å². The zero-order valence-corrected chi connectivity index (χ0v) is 23.8. The maximum Gasteiger partial charge on any atom is 0.265 e. The molecule has 0 radical (unpaired) electrons. The molecule has 0 aliphatic carbocycles. The van der Waals surface area contributed by atoms with E-state index in [-0.39, 0.29) is 36.0 Å². The predicted molar refractivity (Wildman–Crippen MR) is 152 cm³/mol. The van der Waals surface area contributed by atoms with Crippen LogP contribution in [-0.2, 0) is 25.8 Å². The summed E-state index contributed by atoms with van der Waals surface area (Å²) in [7, 11) is -2.51. The number of likely N-dealkylation sites (tertiary alicyclic amines) is 1. The lowest BCUT2D eigenvalue weighted by molar-refractivity contribution is -0.133. The zero-order chi connectivity index (χ0) is 27.9. The Balaban J connectivity index is 0.00000441. The van der Waals surface area contributed by atoms with Crippen molar-refractivity contribution in [2.24, 2.45) is 0 Å². The lowest BCUT2D eigenvalue weighted by Crippen LogP contribution is -2.57. The maximum atomic E-state index is 13.6. The van der Waals surface area contributed by atoms with Gasteiger partial charge in [0, 0.05) is 33.2 Å². The van der Waals surface area contributed by atoms with Crippen LogP contribution in [0.4, 0.5) is 4.39 Å². The van der Waals surface area contributed by atoms with E-state index < -0.39 is 20.5 Å². The molecule has 1 saturated heterocycles. The van der Waals surface area contributed by atoms with Gasteiger partial charge in [0.25, 0.3) is 5.91 Å². The van der Waals surface area contributed by atoms with Gasteiger partial charge in [-0.15, -0.1) is 12.4 Å². The smallest absolute Gasteiger partial charge is 0.265 e. The lowest BCUT2D eigenvalue weighted by atomic mass is 9.95. The third-order valence-corrected chi connectivity index (χ3v) is 9.70. The van der Waals surface area contributed by atoms with Crippen LogP contribution < -0.4 is 10.2 Å². The highest BCUT2D eigenvalue weighted by molar-refractivity contribution is 7.93. The quantitative estimate of drug-likeness (QED) is 0.253. The van der Waals surface area contributed by atoms with E-state index in [0.29, 0.717) is 45.0 Å². The van der Waals surface area contributed by atoms with Crippen LogP contribution in [0.5, 0.6) is 5.75 Å². The number of sulfone groups is 1. The van der Waals surface area contributed by atoms with Crippen LogP contribution in [0.15, 0.2) is 77.7 Å². The summed E-state index contributed by atoms with van der Waals surface area (Å²) in [6.45, 7) is 2.27. The van der Waals surface area contributed by atoms with Crippen molar-refractivity contribution in [1.82, 2.24) is 10.4 Å². The Morgan fingerprint density at radius 3 is 2.27 bits per heavy atom. The molecule has 1 heterocycles. The maximum absolute atomic E-state index is 13.6. The summed E-state index contributed by atoms with van der Waals surface area (Å²) in [6.07, 6.45) is 0.708. The highest BCUT2D eigenvalue weighted by atomic mass is 35.5. The third kappa shape index (κ3) is 7.00. The number of methoxy groups -OCH3 is 1. The molecule has 0 unspecified atom stereocenters. The second-order valence-electron chi connectivity index (χ2n) is 9.55. The number of benzene rings is 3. The van der Waals surface area contributed by atoms with Crippen LogP contribution in [0, 0.1) is 5.82 Å². The van der Waals surface area contributed by atoms with Gasteiger partial charge in [0.1, 0.15) is 11.6 Å². The van der Waals surface area contributed by atoms with Gasteiger partial charge in [0.05, 0.1) is 18.1 Å². The minimum Gasteiger partial charge on any atom is -0.493 e. The topological polar surface area (TPSA) is 105 Å². The molecule has 3 aromatic rings. The molecule has 0 atom stereocenters. The summed E-state index contributed by atoms with van der Waals surface area (Å²) in [5.41, 5.74) is 4.30. The van der Waals surface area contributed by atoms with Gasteiger partial charge in [-0.05, 0) is 65.9 Å². The molecule has 3 aromatic carbocycles. The number of hydrogen-bond donors (Lipinski definition) is 2. The summed E-state index contributed by atoms with van der Waals surface area (Å²) in [4.78, 5) is 14.7. The van der Waals surface area contributed by atoms with Crippen molar-refractivity contribution in [3.05, 3.63) is 84.2 Å². The Hall–Kier alpha value is -3.02. The first kappa shape index (κ1) is 31.5. The number of rotatable bonds is 11. The minimum atomic E-state index is -4.11. The minimum absolute atomic E-state index is 0. The molecule has 1 aliphatic heterocycles. The number of nitrogens with zero attached hydrogens (tertiary/aromatic N) is 1. The van der Waals surface area contributed by atoms with Crippen molar-refractivity contribution in [2.75, 3.05) is 40.0 Å². The molecule has 11 heteroatoms. The molecule has 0 aromatic heterocycles. The standard InChI is InChI=1S/C29H33FN2O6S.ClH/c1-37-19-17-32-15-13-29(14-16-32,28(33)31-34)39(35,36)27-10-8-26(9-11-27)38-18-12-22-4-2-5-23(20-22)24-6-3-7-25(30)21-24;/h2-11,20-21,34H,12-19H2,1H3,(H,31,33);1H. The SMILES string of the molecule is COCCN1CCC(C(=O)NO)(S(=O)(=O)c2ccc(OCCc3cccc(-c4cccc(F)c4)c3)cc2)CC1.Cl. The molecule has 8 nitrogen and oxygen atoms in total.